The van der Waals surface area contributed by atoms with E-state index in [0.717, 1.165) is 0 Å². The molecule has 5 nitrogen and oxygen atoms in total. The predicted molar refractivity (Wildman–Crippen MR) is 137 cm³/mol. The summed E-state index contributed by atoms with van der Waals surface area (Å²) in [7, 11) is 3.85. The Hall–Kier alpha value is -2.84. The van der Waals surface area contributed by atoms with Crippen LogP contribution in [0.15, 0.2) is 45.6 Å². The Bertz CT molecular complexity index is 1120. The van der Waals surface area contributed by atoms with E-state index in [4.69, 9.17) is 23.2 Å². The number of oxime groups is 2. The summed E-state index contributed by atoms with van der Waals surface area (Å²) in [5.74, 6) is -2.16. The molecule has 0 atom stereocenters. The van der Waals surface area contributed by atoms with Crippen LogP contribution < -0.4 is 0 Å². The Morgan fingerprint density at radius 1 is 0.857 bits per heavy atom. The third-order valence-electron chi connectivity index (χ3n) is 5.28. The Balaban J connectivity index is 2.73. The maximum atomic E-state index is 14.6. The Kier molecular flexibility index (Phi) is 10.8. The van der Waals surface area contributed by atoms with E-state index in [1.807, 2.05) is 6.08 Å². The van der Waals surface area contributed by atoms with E-state index < -0.39 is 17.9 Å². The van der Waals surface area contributed by atoms with Gasteiger partial charge in [0.25, 0.3) is 11.9 Å². The van der Waals surface area contributed by atoms with Gasteiger partial charge in [0, 0.05) is 34.6 Å². The number of aliphatic imine (C=N–C) groups is 1. The molecular weight excluding hydrogens is 502 g/mol. The zero-order valence-electron chi connectivity index (χ0n) is 20.1. The van der Waals surface area contributed by atoms with Crippen molar-refractivity contribution in [3.05, 3.63) is 73.8 Å². The first kappa shape index (κ1) is 28.4. The summed E-state index contributed by atoms with van der Waals surface area (Å²) >= 11 is 12.8. The number of nitrogens with zero attached hydrogens (tertiary/aromatic N) is 3. The molecule has 0 saturated carbocycles. The number of rotatable bonds is 10. The molecule has 35 heavy (non-hydrogen) atoms. The van der Waals surface area contributed by atoms with Crippen LogP contribution in [0.25, 0.3) is 5.57 Å². The number of hydrogen-bond donors (Lipinski definition) is 0. The first-order chi connectivity index (χ1) is 16.6. The second-order valence-electron chi connectivity index (χ2n) is 7.50. The zero-order chi connectivity index (χ0) is 26.1. The van der Waals surface area contributed by atoms with Crippen molar-refractivity contribution in [2.45, 2.75) is 33.1 Å². The van der Waals surface area contributed by atoms with Crippen LogP contribution in [0, 0.1) is 13.8 Å². The maximum absolute atomic E-state index is 14.6. The Morgan fingerprint density at radius 2 is 1.31 bits per heavy atom. The molecule has 2 rings (SSSR count). The highest BCUT2D eigenvalue weighted by Gasteiger charge is 2.18. The molecule has 188 valence electrons. The molecule has 0 amide bonds. The highest BCUT2D eigenvalue weighted by atomic mass is 35.5. The average molecular weight is 528 g/mol. The van der Waals surface area contributed by atoms with Crippen LogP contribution >= 0.6 is 23.2 Å². The lowest BCUT2D eigenvalue weighted by molar-refractivity contribution is 0.209. The van der Waals surface area contributed by atoms with E-state index in [9.17, 15) is 13.2 Å². The van der Waals surface area contributed by atoms with Crippen molar-refractivity contribution in [3.8, 4) is 0 Å². The largest absolute Gasteiger partial charge is 0.397 e. The minimum Gasteiger partial charge on any atom is -0.397 e. The Morgan fingerprint density at radius 3 is 1.71 bits per heavy atom. The second kappa shape index (κ2) is 13.3. The first-order valence-corrected chi connectivity index (χ1v) is 11.4. The molecule has 0 fully saturated rings. The van der Waals surface area contributed by atoms with Gasteiger partial charge in [-0.05, 0) is 78.8 Å². The fourth-order valence-corrected chi connectivity index (χ4v) is 3.80. The lowest BCUT2D eigenvalue weighted by atomic mass is 9.91. The SMILES string of the molecule is CN=C(F)CCCC=C(c1cc(Cl)c(C)c(/C(F)=N\OC)c1)c1cc(Cl)c(C)c(/C(F)=N\OC)c1. The van der Waals surface area contributed by atoms with Crippen molar-refractivity contribution >= 4 is 46.7 Å². The van der Waals surface area contributed by atoms with Crippen LogP contribution in [0.4, 0.5) is 13.2 Å². The smallest absolute Gasteiger partial charge is 0.257 e. The van der Waals surface area contributed by atoms with Gasteiger partial charge in [-0.3, -0.25) is 4.99 Å². The highest BCUT2D eigenvalue weighted by molar-refractivity contribution is 6.32. The summed E-state index contributed by atoms with van der Waals surface area (Å²) in [6, 6.07) is 6.44. The third kappa shape index (κ3) is 7.32. The lowest BCUT2D eigenvalue weighted by Crippen LogP contribution is -2.03. The van der Waals surface area contributed by atoms with Gasteiger partial charge in [-0.25, -0.2) is 0 Å². The molecule has 10 heteroatoms. The van der Waals surface area contributed by atoms with Crippen LogP contribution in [0.5, 0.6) is 0 Å². The van der Waals surface area contributed by atoms with Crippen LogP contribution in [-0.4, -0.2) is 39.2 Å². The molecule has 0 N–H and O–H groups in total. The molecule has 0 saturated heterocycles. The van der Waals surface area contributed by atoms with Gasteiger partial charge in [0.1, 0.15) is 14.2 Å². The summed E-state index contributed by atoms with van der Waals surface area (Å²) < 4.78 is 42.7. The maximum Gasteiger partial charge on any atom is 0.257 e. The van der Waals surface area contributed by atoms with E-state index in [1.54, 1.807) is 38.1 Å². The molecule has 0 aliphatic rings. The van der Waals surface area contributed by atoms with E-state index in [2.05, 4.69) is 25.0 Å². The summed E-state index contributed by atoms with van der Waals surface area (Å²) in [5.41, 5.74) is 2.84. The number of halogens is 5. The summed E-state index contributed by atoms with van der Waals surface area (Å²) in [6.07, 6.45) is 2.90. The topological polar surface area (TPSA) is 55.5 Å². The molecule has 0 aliphatic carbocycles. The standard InChI is InChI=1S/C25H26Cl2F3N3O2/c1-14-19(24(29)32-34-4)10-16(12-21(14)26)18(8-6-7-9-23(28)31-3)17-11-20(25(30)33-35-5)15(2)22(27)13-17/h8,10-13H,6-7,9H2,1-5H3/b31-23?,32-24+,33-25+. The number of hydrogen-bond acceptors (Lipinski definition) is 5. The molecule has 0 bridgehead atoms. The van der Waals surface area contributed by atoms with Crippen LogP contribution in [0.1, 0.15) is 52.6 Å². The molecule has 2 aromatic rings. The number of allylic oxidation sites excluding steroid dienone is 1. The van der Waals surface area contributed by atoms with Gasteiger partial charge in [-0.15, -0.1) is 0 Å². The van der Waals surface area contributed by atoms with Crippen molar-refractivity contribution < 1.29 is 22.8 Å². The summed E-state index contributed by atoms with van der Waals surface area (Å²) in [6.45, 7) is 3.31. The first-order valence-electron chi connectivity index (χ1n) is 10.6. The molecule has 0 radical (unpaired) electrons. The van der Waals surface area contributed by atoms with Gasteiger partial charge in [-0.1, -0.05) is 39.6 Å². The second-order valence-corrected chi connectivity index (χ2v) is 8.31. The third-order valence-corrected chi connectivity index (χ3v) is 6.06. The predicted octanol–water partition coefficient (Wildman–Crippen LogP) is 7.77. The van der Waals surface area contributed by atoms with Crippen molar-refractivity contribution in [1.82, 2.24) is 0 Å². The van der Waals surface area contributed by atoms with Gasteiger partial charge < -0.3 is 9.68 Å². The van der Waals surface area contributed by atoms with Crippen molar-refractivity contribution in [1.29, 1.82) is 0 Å². The van der Waals surface area contributed by atoms with Gasteiger partial charge in [0.05, 0.1) is 0 Å². The van der Waals surface area contributed by atoms with Gasteiger partial charge in [-0.2, -0.15) is 13.2 Å². The van der Waals surface area contributed by atoms with Gasteiger partial charge in [0.2, 0.25) is 0 Å². The van der Waals surface area contributed by atoms with E-state index >= 15 is 0 Å². The van der Waals surface area contributed by atoms with Crippen LogP contribution in [0.2, 0.25) is 10.0 Å². The Labute approximate surface area is 212 Å². The lowest BCUT2D eigenvalue weighted by Gasteiger charge is -2.16. The van der Waals surface area contributed by atoms with E-state index in [1.165, 1.54) is 21.3 Å². The minimum absolute atomic E-state index is 0.134. The fourth-order valence-electron chi connectivity index (χ4n) is 3.36. The van der Waals surface area contributed by atoms with Gasteiger partial charge >= 0.3 is 0 Å². The monoisotopic (exact) mass is 527 g/mol. The molecule has 0 unspecified atom stereocenters. The minimum atomic E-state index is -0.852. The van der Waals surface area contributed by atoms with Crippen molar-refractivity contribution in [2.75, 3.05) is 21.3 Å². The normalized spacial score (nSPS) is 12.6. The summed E-state index contributed by atoms with van der Waals surface area (Å²) in [4.78, 5) is 12.7. The number of benzene rings is 2. The molecule has 0 aliphatic heterocycles. The molecule has 0 heterocycles. The van der Waals surface area contributed by atoms with E-state index in [0.29, 0.717) is 50.7 Å². The quantitative estimate of drug-likeness (QED) is 0.180. The molecular formula is C25H26Cl2F3N3O2. The molecule has 0 spiro atoms. The zero-order valence-corrected chi connectivity index (χ0v) is 21.6. The average Bonchev–Trinajstić information content (AvgIpc) is 2.82. The highest BCUT2D eigenvalue weighted by Crippen LogP contribution is 2.34. The van der Waals surface area contributed by atoms with E-state index in [-0.39, 0.29) is 17.5 Å². The fraction of sp³-hybridized carbons (Fsp3) is 0.320. The van der Waals surface area contributed by atoms with Crippen LogP contribution in [0.3, 0.4) is 0 Å². The molecule has 0 aromatic heterocycles. The van der Waals surface area contributed by atoms with Crippen molar-refractivity contribution in [3.63, 3.8) is 0 Å². The number of unbranched alkanes of at least 4 members (excludes halogenated alkanes) is 1. The summed E-state index contributed by atoms with van der Waals surface area (Å²) in [5, 5.41) is 7.33. The van der Waals surface area contributed by atoms with Gasteiger partial charge in [0.15, 0.2) is 5.97 Å². The van der Waals surface area contributed by atoms with Crippen molar-refractivity contribution in [2.24, 2.45) is 15.3 Å². The molecule has 2 aromatic carbocycles. The van der Waals surface area contributed by atoms with Crippen LogP contribution in [-0.2, 0) is 9.68 Å².